The van der Waals surface area contributed by atoms with Crippen molar-refractivity contribution in [2.75, 3.05) is 0 Å². The van der Waals surface area contributed by atoms with Crippen LogP contribution in [0.1, 0.15) is 46.0 Å². The second-order valence-electron chi connectivity index (χ2n) is 4.07. The molecule has 0 spiro atoms. The minimum Gasteiger partial charge on any atom is -0.0885 e. The van der Waals surface area contributed by atoms with Crippen LogP contribution in [0.15, 0.2) is 12.2 Å². The molecule has 0 fully saturated rings. The van der Waals surface area contributed by atoms with Crippen molar-refractivity contribution >= 4 is 0 Å². The molecule has 0 radical (unpaired) electrons. The van der Waals surface area contributed by atoms with Crippen LogP contribution in [0.5, 0.6) is 0 Å². The van der Waals surface area contributed by atoms with Crippen molar-refractivity contribution in [3.05, 3.63) is 12.2 Å². The Hall–Kier alpha value is -0.260. The molecule has 0 heteroatoms. The molecule has 1 aliphatic rings. The molecule has 58 valence electrons. The van der Waals surface area contributed by atoms with Crippen LogP contribution in [0.2, 0.25) is 0 Å². The fourth-order valence-electron chi connectivity index (χ4n) is 1.53. The molecular formula is C10H18. The lowest BCUT2D eigenvalue weighted by Gasteiger charge is -2.24. The van der Waals surface area contributed by atoms with Crippen LogP contribution >= 0.6 is 0 Å². The highest BCUT2D eigenvalue weighted by Crippen LogP contribution is 2.30. The molecule has 0 unspecified atom stereocenters. The van der Waals surface area contributed by atoms with Crippen LogP contribution in [0.25, 0.3) is 0 Å². The Morgan fingerprint density at radius 2 is 1.70 bits per heavy atom. The zero-order chi connectivity index (χ0) is 7.45. The average molecular weight is 138 g/mol. The van der Waals surface area contributed by atoms with Gasteiger partial charge in [0.05, 0.1) is 0 Å². The Balaban J connectivity index is 2.43. The molecule has 0 nitrogen and oxygen atoms in total. The number of allylic oxidation sites excluding steroid dienone is 2. The first kappa shape index (κ1) is 7.84. The summed E-state index contributed by atoms with van der Waals surface area (Å²) in [7, 11) is 0. The molecule has 0 aromatic carbocycles. The van der Waals surface area contributed by atoms with Crippen molar-refractivity contribution < 1.29 is 0 Å². The molecule has 0 atom stereocenters. The maximum atomic E-state index is 2.38. The average Bonchev–Trinajstić information content (AvgIpc) is 1.81. The lowest BCUT2D eigenvalue weighted by molar-refractivity contribution is 0.299. The van der Waals surface area contributed by atoms with Crippen molar-refractivity contribution in [1.29, 1.82) is 0 Å². The lowest BCUT2D eigenvalue weighted by atomic mass is 9.81. The summed E-state index contributed by atoms with van der Waals surface area (Å²) in [6.07, 6.45) is 11.4. The molecule has 0 bridgehead atoms. The SMILES string of the molecule is CC1(C)CC/C=C/CCC1. The van der Waals surface area contributed by atoms with Crippen LogP contribution in [-0.4, -0.2) is 0 Å². The third kappa shape index (κ3) is 2.55. The Kier molecular flexibility index (Phi) is 2.53. The van der Waals surface area contributed by atoms with Crippen molar-refractivity contribution in [1.82, 2.24) is 0 Å². The van der Waals surface area contributed by atoms with E-state index in [0.29, 0.717) is 5.41 Å². The molecule has 1 rings (SSSR count). The maximum Gasteiger partial charge on any atom is -0.0346 e. The largest absolute Gasteiger partial charge is 0.0885 e. The Morgan fingerprint density at radius 1 is 1.00 bits per heavy atom. The number of hydrogen-bond donors (Lipinski definition) is 0. The monoisotopic (exact) mass is 138 g/mol. The van der Waals surface area contributed by atoms with Gasteiger partial charge in [0.15, 0.2) is 0 Å². The highest BCUT2D eigenvalue weighted by Gasteiger charge is 2.16. The summed E-state index contributed by atoms with van der Waals surface area (Å²) in [5, 5.41) is 0. The Morgan fingerprint density at radius 3 is 2.50 bits per heavy atom. The molecule has 1 aliphatic carbocycles. The number of rotatable bonds is 0. The van der Waals surface area contributed by atoms with E-state index in [1.54, 1.807) is 0 Å². The van der Waals surface area contributed by atoms with Gasteiger partial charge in [0, 0.05) is 0 Å². The van der Waals surface area contributed by atoms with E-state index >= 15 is 0 Å². The van der Waals surface area contributed by atoms with E-state index in [2.05, 4.69) is 26.0 Å². The standard InChI is InChI=1S/C10H18/c1-10(2)8-6-4-3-5-7-9-10/h3-4H,5-9H2,1-2H3/b4-3+. The van der Waals surface area contributed by atoms with Gasteiger partial charge in [-0.25, -0.2) is 0 Å². The fourth-order valence-corrected chi connectivity index (χ4v) is 1.53. The van der Waals surface area contributed by atoms with E-state index < -0.39 is 0 Å². The molecule has 0 aromatic rings. The van der Waals surface area contributed by atoms with Gasteiger partial charge in [-0.1, -0.05) is 26.0 Å². The van der Waals surface area contributed by atoms with Crippen molar-refractivity contribution in [2.45, 2.75) is 46.0 Å². The van der Waals surface area contributed by atoms with Crippen molar-refractivity contribution in [2.24, 2.45) is 5.41 Å². The third-order valence-electron chi connectivity index (χ3n) is 2.38. The Labute approximate surface area is 64.3 Å². The van der Waals surface area contributed by atoms with Gasteiger partial charge < -0.3 is 0 Å². The van der Waals surface area contributed by atoms with E-state index in [1.807, 2.05) is 0 Å². The third-order valence-corrected chi connectivity index (χ3v) is 2.38. The number of hydrogen-bond acceptors (Lipinski definition) is 0. The van der Waals surface area contributed by atoms with Gasteiger partial charge in [-0.05, 0) is 37.5 Å². The first-order chi connectivity index (χ1) is 4.71. The predicted octanol–water partition coefficient (Wildman–Crippen LogP) is 3.53. The fraction of sp³-hybridized carbons (Fsp3) is 0.800. The van der Waals surface area contributed by atoms with Crippen LogP contribution in [0.4, 0.5) is 0 Å². The zero-order valence-corrected chi connectivity index (χ0v) is 7.19. The van der Waals surface area contributed by atoms with E-state index in [1.165, 1.54) is 32.1 Å². The molecule has 0 aromatic heterocycles. The second kappa shape index (κ2) is 3.23. The quantitative estimate of drug-likeness (QED) is 0.449. The van der Waals surface area contributed by atoms with Gasteiger partial charge in [-0.2, -0.15) is 0 Å². The van der Waals surface area contributed by atoms with E-state index in [4.69, 9.17) is 0 Å². The molecule has 0 N–H and O–H groups in total. The first-order valence-corrected chi connectivity index (χ1v) is 4.36. The highest BCUT2D eigenvalue weighted by molar-refractivity contribution is 4.87. The Bertz CT molecular complexity index is 120. The summed E-state index contributed by atoms with van der Waals surface area (Å²) >= 11 is 0. The van der Waals surface area contributed by atoms with Gasteiger partial charge in [0.1, 0.15) is 0 Å². The zero-order valence-electron chi connectivity index (χ0n) is 7.19. The van der Waals surface area contributed by atoms with Crippen LogP contribution in [-0.2, 0) is 0 Å². The van der Waals surface area contributed by atoms with Gasteiger partial charge in [-0.15, -0.1) is 0 Å². The molecule has 0 heterocycles. The highest BCUT2D eigenvalue weighted by atomic mass is 14.2. The molecule has 0 saturated heterocycles. The molecule has 10 heavy (non-hydrogen) atoms. The van der Waals surface area contributed by atoms with Gasteiger partial charge in [0.2, 0.25) is 0 Å². The van der Waals surface area contributed by atoms with E-state index in [-0.39, 0.29) is 0 Å². The lowest BCUT2D eigenvalue weighted by Crippen LogP contribution is -2.11. The smallest absolute Gasteiger partial charge is 0.0346 e. The topological polar surface area (TPSA) is 0 Å². The summed E-state index contributed by atoms with van der Waals surface area (Å²) < 4.78 is 0. The predicted molar refractivity (Wildman–Crippen MR) is 46.0 cm³/mol. The van der Waals surface area contributed by atoms with Crippen molar-refractivity contribution in [3.63, 3.8) is 0 Å². The molecule has 0 amide bonds. The van der Waals surface area contributed by atoms with Crippen molar-refractivity contribution in [3.8, 4) is 0 Å². The van der Waals surface area contributed by atoms with E-state index in [9.17, 15) is 0 Å². The first-order valence-electron chi connectivity index (χ1n) is 4.36. The molecule has 0 saturated carbocycles. The van der Waals surface area contributed by atoms with Gasteiger partial charge in [0.25, 0.3) is 0 Å². The second-order valence-corrected chi connectivity index (χ2v) is 4.07. The van der Waals surface area contributed by atoms with Crippen LogP contribution < -0.4 is 0 Å². The minimum absolute atomic E-state index is 0.602. The maximum absolute atomic E-state index is 2.38. The molecular weight excluding hydrogens is 120 g/mol. The van der Waals surface area contributed by atoms with Gasteiger partial charge in [-0.3, -0.25) is 0 Å². The summed E-state index contributed by atoms with van der Waals surface area (Å²) in [4.78, 5) is 0. The molecule has 0 aliphatic heterocycles. The normalized spacial score (nSPS) is 28.6. The minimum atomic E-state index is 0.602. The summed E-state index contributed by atoms with van der Waals surface area (Å²) in [6.45, 7) is 4.76. The summed E-state index contributed by atoms with van der Waals surface area (Å²) in [5.74, 6) is 0. The summed E-state index contributed by atoms with van der Waals surface area (Å²) in [5.41, 5.74) is 0.602. The van der Waals surface area contributed by atoms with Gasteiger partial charge >= 0.3 is 0 Å². The summed E-state index contributed by atoms with van der Waals surface area (Å²) in [6, 6.07) is 0. The van der Waals surface area contributed by atoms with Crippen LogP contribution in [0.3, 0.4) is 0 Å². The van der Waals surface area contributed by atoms with E-state index in [0.717, 1.165) is 0 Å². The van der Waals surface area contributed by atoms with Crippen LogP contribution in [0, 0.1) is 5.41 Å².